The van der Waals surface area contributed by atoms with E-state index in [4.69, 9.17) is 11.6 Å². The van der Waals surface area contributed by atoms with E-state index in [0.29, 0.717) is 34.5 Å². The second-order valence-electron chi connectivity index (χ2n) is 6.61. The van der Waals surface area contributed by atoms with Crippen LogP contribution in [0.15, 0.2) is 48.7 Å². The number of fused-ring (bicyclic) bond motifs is 2. The molecule has 0 atom stereocenters. The molecule has 0 fully saturated rings. The summed E-state index contributed by atoms with van der Waals surface area (Å²) in [5.74, 6) is -0.217. The zero-order valence-corrected chi connectivity index (χ0v) is 17.0. The van der Waals surface area contributed by atoms with Gasteiger partial charge in [0.2, 0.25) is 0 Å². The Labute approximate surface area is 171 Å². The third kappa shape index (κ3) is 3.82. The van der Waals surface area contributed by atoms with Gasteiger partial charge in [-0.15, -0.1) is 0 Å². The van der Waals surface area contributed by atoms with Crippen molar-refractivity contribution < 1.29 is 4.79 Å². The van der Waals surface area contributed by atoms with Gasteiger partial charge in [-0.1, -0.05) is 35.1 Å². The van der Waals surface area contributed by atoms with Crippen molar-refractivity contribution in [2.24, 2.45) is 0 Å². The zero-order valence-electron chi connectivity index (χ0n) is 15.5. The minimum absolute atomic E-state index is 0.217. The van der Waals surface area contributed by atoms with Crippen LogP contribution in [0.1, 0.15) is 10.5 Å². The first-order valence-corrected chi connectivity index (χ1v) is 9.95. The second-order valence-corrected chi connectivity index (χ2v) is 8.06. The summed E-state index contributed by atoms with van der Waals surface area (Å²) in [5.41, 5.74) is 2.57. The highest BCUT2D eigenvalue weighted by Gasteiger charge is 2.23. The van der Waals surface area contributed by atoms with Crippen LogP contribution >= 0.6 is 22.9 Å². The van der Waals surface area contributed by atoms with Crippen LogP contribution in [-0.4, -0.2) is 52.9 Å². The fourth-order valence-corrected chi connectivity index (χ4v) is 4.05. The lowest BCUT2D eigenvalue weighted by molar-refractivity contribution is 0.0980. The molecular formula is C20H18ClN5OS. The molecule has 142 valence electrons. The average molecular weight is 412 g/mol. The molecule has 0 saturated carbocycles. The molecule has 0 aliphatic rings. The number of carbonyl (C=O) groups is 1. The molecule has 2 aromatic carbocycles. The van der Waals surface area contributed by atoms with Crippen LogP contribution in [0.3, 0.4) is 0 Å². The van der Waals surface area contributed by atoms with Gasteiger partial charge in [0.05, 0.1) is 27.4 Å². The topological polar surface area (TPSA) is 62.2 Å². The molecule has 0 saturated heterocycles. The monoisotopic (exact) mass is 411 g/mol. The Balaban J connectivity index is 1.73. The maximum Gasteiger partial charge on any atom is 0.280 e. The summed E-state index contributed by atoms with van der Waals surface area (Å²) in [4.78, 5) is 30.5. The second kappa shape index (κ2) is 7.79. The van der Waals surface area contributed by atoms with Gasteiger partial charge in [-0.3, -0.25) is 14.7 Å². The molecule has 2 heterocycles. The van der Waals surface area contributed by atoms with E-state index >= 15 is 0 Å². The number of amides is 1. The van der Waals surface area contributed by atoms with Crippen LogP contribution < -0.4 is 4.90 Å². The van der Waals surface area contributed by atoms with Crippen LogP contribution in [-0.2, 0) is 0 Å². The summed E-state index contributed by atoms with van der Waals surface area (Å²) >= 11 is 7.54. The minimum Gasteiger partial charge on any atom is -0.308 e. The van der Waals surface area contributed by atoms with Crippen molar-refractivity contribution in [2.75, 3.05) is 32.1 Å². The summed E-state index contributed by atoms with van der Waals surface area (Å²) in [6.45, 7) is 1.19. The molecule has 6 nitrogen and oxygen atoms in total. The molecule has 0 spiro atoms. The van der Waals surface area contributed by atoms with Crippen LogP contribution in [0.4, 0.5) is 5.13 Å². The Hall–Kier alpha value is -2.61. The summed E-state index contributed by atoms with van der Waals surface area (Å²) in [6.07, 6.45) is 1.53. The van der Waals surface area contributed by atoms with E-state index in [9.17, 15) is 4.79 Å². The summed E-state index contributed by atoms with van der Waals surface area (Å²) in [7, 11) is 3.94. The Bertz CT molecular complexity index is 1160. The van der Waals surface area contributed by atoms with Crippen molar-refractivity contribution >= 4 is 55.2 Å². The van der Waals surface area contributed by atoms with Crippen molar-refractivity contribution in [3.63, 3.8) is 0 Å². The summed E-state index contributed by atoms with van der Waals surface area (Å²) < 4.78 is 0.940. The number of thiazole rings is 1. The number of anilines is 1. The number of benzene rings is 2. The van der Waals surface area contributed by atoms with E-state index < -0.39 is 0 Å². The summed E-state index contributed by atoms with van der Waals surface area (Å²) in [5, 5.41) is 1.27. The lowest BCUT2D eigenvalue weighted by Crippen LogP contribution is -2.37. The van der Waals surface area contributed by atoms with E-state index in [2.05, 4.69) is 15.0 Å². The van der Waals surface area contributed by atoms with Crippen molar-refractivity contribution in [3.8, 4) is 0 Å². The molecule has 4 aromatic rings. The first kappa shape index (κ1) is 18.7. The van der Waals surface area contributed by atoms with Gasteiger partial charge >= 0.3 is 0 Å². The van der Waals surface area contributed by atoms with Gasteiger partial charge in [-0.25, -0.2) is 9.97 Å². The van der Waals surface area contributed by atoms with E-state index in [-0.39, 0.29) is 5.91 Å². The number of carbonyl (C=O) groups excluding carboxylic acids is 1. The van der Waals surface area contributed by atoms with Gasteiger partial charge in [-0.2, -0.15) is 0 Å². The van der Waals surface area contributed by atoms with Gasteiger partial charge in [0.1, 0.15) is 5.69 Å². The molecule has 28 heavy (non-hydrogen) atoms. The number of rotatable bonds is 5. The third-order valence-corrected chi connectivity index (χ3v) is 5.53. The average Bonchev–Trinajstić information content (AvgIpc) is 3.10. The fraction of sp³-hybridized carbons (Fsp3) is 0.200. The molecule has 2 aromatic heterocycles. The number of hydrogen-bond donors (Lipinski definition) is 0. The Kier molecular flexibility index (Phi) is 5.21. The largest absolute Gasteiger partial charge is 0.308 e. The van der Waals surface area contributed by atoms with E-state index in [1.165, 1.54) is 17.5 Å². The lowest BCUT2D eigenvalue weighted by atomic mass is 10.3. The lowest BCUT2D eigenvalue weighted by Gasteiger charge is -2.21. The van der Waals surface area contributed by atoms with E-state index in [1.54, 1.807) is 11.0 Å². The molecule has 0 unspecified atom stereocenters. The smallest absolute Gasteiger partial charge is 0.280 e. The number of hydrogen-bond acceptors (Lipinski definition) is 6. The SMILES string of the molecule is CN(C)CCN(C(=O)c1cnc2ccccc2n1)c1nc2ccc(Cl)cc2s1. The van der Waals surface area contributed by atoms with Crippen LogP contribution in [0.2, 0.25) is 5.02 Å². The molecule has 0 aliphatic carbocycles. The number of nitrogens with zero attached hydrogens (tertiary/aromatic N) is 5. The van der Waals surface area contributed by atoms with Crippen LogP contribution in [0.5, 0.6) is 0 Å². The number of likely N-dealkylation sites (N-methyl/N-ethyl adjacent to an activating group) is 1. The normalized spacial score (nSPS) is 11.4. The highest BCUT2D eigenvalue weighted by molar-refractivity contribution is 7.22. The Morgan fingerprint density at radius 2 is 1.82 bits per heavy atom. The fourth-order valence-electron chi connectivity index (χ4n) is 2.78. The minimum atomic E-state index is -0.217. The highest BCUT2D eigenvalue weighted by atomic mass is 35.5. The number of halogens is 1. The quantitative estimate of drug-likeness (QED) is 0.494. The first-order valence-electron chi connectivity index (χ1n) is 8.76. The number of para-hydroxylation sites is 2. The third-order valence-electron chi connectivity index (χ3n) is 4.25. The molecule has 4 rings (SSSR count). The molecule has 1 amide bonds. The zero-order chi connectivity index (χ0) is 19.7. The molecular weight excluding hydrogens is 394 g/mol. The Morgan fingerprint density at radius 1 is 1.04 bits per heavy atom. The van der Waals surface area contributed by atoms with Gasteiger partial charge in [0.25, 0.3) is 5.91 Å². The van der Waals surface area contributed by atoms with Crippen molar-refractivity contribution in [1.82, 2.24) is 19.9 Å². The maximum absolute atomic E-state index is 13.3. The predicted octanol–water partition coefficient (Wildman–Crippen LogP) is 4.10. The molecule has 0 aliphatic heterocycles. The Morgan fingerprint density at radius 3 is 2.61 bits per heavy atom. The number of aromatic nitrogens is 3. The summed E-state index contributed by atoms with van der Waals surface area (Å²) in [6, 6.07) is 13.0. The van der Waals surface area contributed by atoms with Gasteiger partial charge in [-0.05, 0) is 44.4 Å². The van der Waals surface area contributed by atoms with E-state index in [1.807, 2.05) is 55.4 Å². The van der Waals surface area contributed by atoms with Crippen molar-refractivity contribution in [1.29, 1.82) is 0 Å². The standard InChI is InChI=1S/C20H18ClN5OS/c1-25(2)9-10-26(20-24-16-8-7-13(21)11-18(16)28-20)19(27)17-12-22-14-5-3-4-6-15(14)23-17/h3-8,11-12H,9-10H2,1-2H3. The van der Waals surface area contributed by atoms with Crippen molar-refractivity contribution in [3.05, 3.63) is 59.4 Å². The molecule has 0 radical (unpaired) electrons. The van der Waals surface area contributed by atoms with Crippen molar-refractivity contribution in [2.45, 2.75) is 0 Å². The van der Waals surface area contributed by atoms with Crippen LogP contribution in [0.25, 0.3) is 21.3 Å². The van der Waals surface area contributed by atoms with E-state index in [0.717, 1.165) is 15.7 Å². The maximum atomic E-state index is 13.3. The van der Waals surface area contributed by atoms with Crippen LogP contribution in [0, 0.1) is 0 Å². The molecule has 0 bridgehead atoms. The van der Waals surface area contributed by atoms with Gasteiger partial charge in [0, 0.05) is 18.1 Å². The predicted molar refractivity (Wildman–Crippen MR) is 114 cm³/mol. The molecule has 0 N–H and O–H groups in total. The highest BCUT2D eigenvalue weighted by Crippen LogP contribution is 2.31. The van der Waals surface area contributed by atoms with Gasteiger partial charge in [0.15, 0.2) is 5.13 Å². The molecule has 8 heteroatoms. The van der Waals surface area contributed by atoms with Gasteiger partial charge < -0.3 is 4.90 Å². The first-order chi connectivity index (χ1) is 13.5.